The number of rotatable bonds is 3. The average Bonchev–Trinajstić information content (AvgIpc) is 2.89. The molecular formula is C15H17Br3N2O. The minimum Gasteiger partial charge on any atom is -0.325 e. The first kappa shape index (κ1) is 15.9. The molecule has 1 heterocycles. The van der Waals surface area contributed by atoms with Crippen molar-refractivity contribution in [2.45, 2.75) is 35.3 Å². The fraction of sp³-hybridized carbons (Fsp3) is 0.600. The SMILES string of the molecule is CC1(C)[C@]2(C(=O)Nc3ccncc3)CC[C@@]1(C(Br)Br)[C@H]2Br. The van der Waals surface area contributed by atoms with Crippen LogP contribution in [0.3, 0.4) is 0 Å². The highest BCUT2D eigenvalue weighted by atomic mass is 79.9. The van der Waals surface area contributed by atoms with Crippen LogP contribution in [-0.4, -0.2) is 19.5 Å². The third-order valence-corrected chi connectivity index (χ3v) is 9.06. The van der Waals surface area contributed by atoms with Gasteiger partial charge in [0.1, 0.15) is 0 Å². The molecule has 6 heteroatoms. The lowest BCUT2D eigenvalue weighted by Gasteiger charge is -2.66. The first-order chi connectivity index (χ1) is 9.80. The molecule has 3 aliphatic rings. The number of fused-ring (bicyclic) bond motifs is 1. The van der Waals surface area contributed by atoms with Gasteiger partial charge in [-0.3, -0.25) is 9.78 Å². The fourth-order valence-electron chi connectivity index (χ4n) is 4.38. The van der Waals surface area contributed by atoms with Gasteiger partial charge < -0.3 is 5.32 Å². The number of alkyl halides is 3. The summed E-state index contributed by atoms with van der Waals surface area (Å²) >= 11 is 11.2. The van der Waals surface area contributed by atoms with Gasteiger partial charge in [0.2, 0.25) is 5.91 Å². The van der Waals surface area contributed by atoms with Gasteiger partial charge in [-0.15, -0.1) is 0 Å². The maximum atomic E-state index is 13.0. The Bertz CT molecular complexity index is 578. The molecule has 1 N–H and O–H groups in total. The number of carbonyl (C=O) groups excluding carboxylic acids is 1. The van der Waals surface area contributed by atoms with Crippen LogP contribution in [0.15, 0.2) is 24.5 Å². The molecule has 3 nitrogen and oxygen atoms in total. The average molecular weight is 481 g/mol. The summed E-state index contributed by atoms with van der Waals surface area (Å²) in [6.45, 7) is 4.42. The van der Waals surface area contributed by atoms with Crippen molar-refractivity contribution in [2.24, 2.45) is 16.2 Å². The van der Waals surface area contributed by atoms with E-state index in [0.717, 1.165) is 18.5 Å². The van der Waals surface area contributed by atoms with Crippen molar-refractivity contribution in [2.75, 3.05) is 5.32 Å². The van der Waals surface area contributed by atoms with Crippen LogP contribution in [0.4, 0.5) is 5.69 Å². The minimum absolute atomic E-state index is 0.0581. The summed E-state index contributed by atoms with van der Waals surface area (Å²) in [4.78, 5) is 17.1. The van der Waals surface area contributed by atoms with E-state index in [0.29, 0.717) is 0 Å². The number of aromatic nitrogens is 1. The number of hydrogen-bond donors (Lipinski definition) is 1. The van der Waals surface area contributed by atoms with Crippen molar-refractivity contribution in [1.29, 1.82) is 0 Å². The topological polar surface area (TPSA) is 42.0 Å². The number of nitrogens with zero attached hydrogens (tertiary/aromatic N) is 1. The molecule has 0 aromatic carbocycles. The molecule has 0 aliphatic heterocycles. The molecule has 3 fully saturated rings. The van der Waals surface area contributed by atoms with Crippen LogP contribution >= 0.6 is 47.8 Å². The molecule has 0 saturated heterocycles. The lowest BCUT2D eigenvalue weighted by atomic mass is 9.43. The molecular weight excluding hydrogens is 464 g/mol. The number of anilines is 1. The van der Waals surface area contributed by atoms with Crippen LogP contribution in [-0.2, 0) is 4.79 Å². The quantitative estimate of drug-likeness (QED) is 0.637. The predicted octanol–water partition coefficient (Wildman–Crippen LogP) is 4.71. The molecule has 0 unspecified atom stereocenters. The molecule has 4 rings (SSSR count). The van der Waals surface area contributed by atoms with E-state index in [1.165, 1.54) is 0 Å². The zero-order valence-corrected chi connectivity index (χ0v) is 16.6. The van der Waals surface area contributed by atoms with E-state index in [1.54, 1.807) is 12.4 Å². The number of nitrogens with one attached hydrogen (secondary N) is 1. The molecule has 0 radical (unpaired) electrons. The maximum absolute atomic E-state index is 13.0. The number of pyridine rings is 1. The standard InChI is InChI=1S/C15H17Br3N2O/c1-13(2)14(11(17)18)5-6-15(13,10(14)16)12(21)20-9-3-7-19-8-4-9/h3-4,7-8,10-11H,5-6H2,1-2H3,(H,19,20,21)/t10-,14+,15-/m1/s1. The van der Waals surface area contributed by atoms with Gasteiger partial charge in [-0.05, 0) is 30.4 Å². The van der Waals surface area contributed by atoms with Crippen molar-refractivity contribution in [1.82, 2.24) is 4.98 Å². The summed E-state index contributed by atoms with van der Waals surface area (Å²) in [5, 5.41) is 3.06. The second-order valence-electron chi connectivity index (χ2n) is 6.49. The van der Waals surface area contributed by atoms with Crippen molar-refractivity contribution in [3.05, 3.63) is 24.5 Å². The van der Waals surface area contributed by atoms with Gasteiger partial charge in [-0.25, -0.2) is 0 Å². The van der Waals surface area contributed by atoms with Gasteiger partial charge in [-0.1, -0.05) is 61.6 Å². The van der Waals surface area contributed by atoms with E-state index in [4.69, 9.17) is 0 Å². The van der Waals surface area contributed by atoms with Gasteiger partial charge in [0.25, 0.3) is 0 Å². The van der Waals surface area contributed by atoms with Crippen LogP contribution in [0.1, 0.15) is 26.7 Å². The van der Waals surface area contributed by atoms with E-state index in [-0.39, 0.29) is 30.7 Å². The highest BCUT2D eigenvalue weighted by Crippen LogP contribution is 2.82. The summed E-state index contributed by atoms with van der Waals surface area (Å²) in [5.41, 5.74) is 0.417. The van der Waals surface area contributed by atoms with Gasteiger partial charge >= 0.3 is 0 Å². The largest absolute Gasteiger partial charge is 0.325 e. The second-order valence-corrected chi connectivity index (χ2v) is 10.5. The number of hydrogen-bond acceptors (Lipinski definition) is 2. The van der Waals surface area contributed by atoms with Crippen LogP contribution in [0.5, 0.6) is 0 Å². The van der Waals surface area contributed by atoms with Gasteiger partial charge in [0, 0.05) is 28.3 Å². The minimum atomic E-state index is -0.365. The van der Waals surface area contributed by atoms with Gasteiger partial charge in [-0.2, -0.15) is 0 Å². The zero-order chi connectivity index (χ0) is 15.5. The van der Waals surface area contributed by atoms with Crippen LogP contribution in [0, 0.1) is 16.2 Å². The molecule has 1 amide bonds. The van der Waals surface area contributed by atoms with Crippen LogP contribution in [0.25, 0.3) is 0 Å². The Morgan fingerprint density at radius 1 is 1.33 bits per heavy atom. The molecule has 3 aliphatic carbocycles. The van der Waals surface area contributed by atoms with Crippen molar-refractivity contribution in [3.8, 4) is 0 Å². The Labute approximate surface area is 150 Å². The lowest BCUT2D eigenvalue weighted by Crippen LogP contribution is -2.71. The highest BCUT2D eigenvalue weighted by Gasteiger charge is 2.83. The third kappa shape index (κ3) is 1.75. The summed E-state index contributed by atoms with van der Waals surface area (Å²) < 4.78 is 0.196. The van der Waals surface area contributed by atoms with E-state index in [1.807, 2.05) is 12.1 Å². The van der Waals surface area contributed by atoms with Gasteiger partial charge in [0.15, 0.2) is 0 Å². The predicted molar refractivity (Wildman–Crippen MR) is 95.1 cm³/mol. The maximum Gasteiger partial charge on any atom is 0.232 e. The monoisotopic (exact) mass is 478 g/mol. The summed E-state index contributed by atoms with van der Waals surface area (Å²) in [7, 11) is 0. The normalized spacial score (nSPS) is 36.4. The molecule has 3 saturated carbocycles. The molecule has 114 valence electrons. The number of amides is 1. The molecule has 2 bridgehead atoms. The summed E-state index contributed by atoms with van der Waals surface area (Å²) in [6, 6.07) is 3.65. The van der Waals surface area contributed by atoms with Crippen LogP contribution in [0.2, 0.25) is 0 Å². The Kier molecular flexibility index (Phi) is 3.82. The van der Waals surface area contributed by atoms with Crippen molar-refractivity contribution >= 4 is 59.4 Å². The Balaban J connectivity index is 1.91. The Morgan fingerprint density at radius 2 is 1.95 bits per heavy atom. The molecule has 1 aromatic rings. The second kappa shape index (κ2) is 5.03. The number of carbonyl (C=O) groups is 1. The summed E-state index contributed by atoms with van der Waals surface area (Å²) in [6.07, 6.45) is 5.31. The molecule has 21 heavy (non-hydrogen) atoms. The zero-order valence-electron chi connectivity index (χ0n) is 11.9. The van der Waals surface area contributed by atoms with E-state index in [9.17, 15) is 4.79 Å². The van der Waals surface area contributed by atoms with E-state index >= 15 is 0 Å². The first-order valence-electron chi connectivity index (χ1n) is 6.94. The van der Waals surface area contributed by atoms with E-state index < -0.39 is 0 Å². The third-order valence-electron chi connectivity index (χ3n) is 5.83. The van der Waals surface area contributed by atoms with Crippen molar-refractivity contribution < 1.29 is 4.79 Å². The lowest BCUT2D eigenvalue weighted by molar-refractivity contribution is -0.155. The first-order valence-corrected chi connectivity index (χ1v) is 9.69. The number of halogens is 3. The van der Waals surface area contributed by atoms with Gasteiger partial charge in [0.05, 0.1) is 9.15 Å². The summed E-state index contributed by atoms with van der Waals surface area (Å²) in [5.74, 6) is 0.106. The van der Waals surface area contributed by atoms with Crippen molar-refractivity contribution in [3.63, 3.8) is 0 Å². The van der Waals surface area contributed by atoms with E-state index in [2.05, 4.69) is 71.9 Å². The fourth-order valence-corrected chi connectivity index (χ4v) is 9.29. The molecule has 0 spiro atoms. The van der Waals surface area contributed by atoms with Crippen LogP contribution < -0.4 is 5.32 Å². The Morgan fingerprint density at radius 3 is 2.43 bits per heavy atom. The Hall–Kier alpha value is 0.0600. The highest BCUT2D eigenvalue weighted by molar-refractivity contribution is 9.24. The smallest absolute Gasteiger partial charge is 0.232 e. The molecule has 1 aromatic heterocycles. The molecule has 3 atom stereocenters.